The Morgan fingerprint density at radius 3 is 2.75 bits per heavy atom. The molecule has 2 unspecified atom stereocenters. The number of carbonyl (C=O) groups is 1. The number of halogens is 1. The zero-order valence-corrected chi connectivity index (χ0v) is 15.3. The number of fused-ring (bicyclic) bond motifs is 1. The highest BCUT2D eigenvalue weighted by Crippen LogP contribution is 2.29. The van der Waals surface area contributed by atoms with Crippen LogP contribution in [0.15, 0.2) is 36.4 Å². The average molecular weight is 390 g/mol. The van der Waals surface area contributed by atoms with E-state index in [1.807, 2.05) is 18.2 Å². The Kier molecular flexibility index (Phi) is 6.74. The molecule has 0 aromatic heterocycles. The van der Waals surface area contributed by atoms with Gasteiger partial charge in [-0.25, -0.2) is 4.39 Å². The molecule has 3 N–H and O–H groups in total. The van der Waals surface area contributed by atoms with Crippen LogP contribution in [-0.4, -0.2) is 47.2 Å². The van der Waals surface area contributed by atoms with Crippen LogP contribution in [0.3, 0.4) is 0 Å². The van der Waals surface area contributed by atoms with Crippen LogP contribution >= 0.6 is 0 Å². The molecule has 2 aromatic rings. The molecule has 2 atom stereocenters. The standard InChI is InChI=1S/C21H23FO6/c22-17-3-2-14(19(5-7-23)28-20(12-24)21(25)26)11-16(17)10-13-1-4-18-15(9-13)6-8-27-18/h1-4,7,9,11,19-21,24-26H,5-6,8,10,12H2. The van der Waals surface area contributed by atoms with Gasteiger partial charge in [-0.3, -0.25) is 0 Å². The van der Waals surface area contributed by atoms with E-state index in [0.29, 0.717) is 30.4 Å². The predicted molar refractivity (Wildman–Crippen MR) is 98.5 cm³/mol. The predicted octanol–water partition coefficient (Wildman–Crippen LogP) is 1.67. The minimum atomic E-state index is -1.90. The topological polar surface area (TPSA) is 96.2 Å². The summed E-state index contributed by atoms with van der Waals surface area (Å²) < 4.78 is 25.3. The van der Waals surface area contributed by atoms with Crippen LogP contribution in [0.2, 0.25) is 0 Å². The molecular weight excluding hydrogens is 367 g/mol. The van der Waals surface area contributed by atoms with Crippen molar-refractivity contribution in [3.05, 3.63) is 64.5 Å². The molecule has 0 radical (unpaired) electrons. The molecule has 1 heterocycles. The van der Waals surface area contributed by atoms with E-state index in [4.69, 9.17) is 9.47 Å². The highest BCUT2D eigenvalue weighted by Gasteiger charge is 2.23. The van der Waals surface area contributed by atoms with E-state index in [1.54, 1.807) is 6.07 Å². The van der Waals surface area contributed by atoms with Crippen molar-refractivity contribution < 1.29 is 34.0 Å². The number of rotatable bonds is 9. The highest BCUT2D eigenvalue weighted by atomic mass is 19.1. The van der Waals surface area contributed by atoms with Gasteiger partial charge in [0.15, 0.2) is 6.29 Å². The van der Waals surface area contributed by atoms with Gasteiger partial charge in [0, 0.05) is 19.3 Å². The van der Waals surface area contributed by atoms with Gasteiger partial charge in [-0.15, -0.1) is 0 Å². The van der Waals surface area contributed by atoms with Gasteiger partial charge in [-0.05, 0) is 40.5 Å². The van der Waals surface area contributed by atoms with Crippen molar-refractivity contribution in [1.82, 2.24) is 0 Å². The van der Waals surface area contributed by atoms with Crippen molar-refractivity contribution in [3.8, 4) is 5.75 Å². The van der Waals surface area contributed by atoms with Crippen molar-refractivity contribution in [2.75, 3.05) is 13.2 Å². The molecule has 28 heavy (non-hydrogen) atoms. The molecule has 0 saturated carbocycles. The van der Waals surface area contributed by atoms with Gasteiger partial charge >= 0.3 is 0 Å². The molecule has 0 fully saturated rings. The Bertz CT molecular complexity index is 823. The second-order valence-electron chi connectivity index (χ2n) is 6.73. The Morgan fingerprint density at radius 1 is 1.21 bits per heavy atom. The van der Waals surface area contributed by atoms with E-state index in [0.717, 1.165) is 23.3 Å². The molecule has 1 aliphatic rings. The summed E-state index contributed by atoms with van der Waals surface area (Å²) in [7, 11) is 0. The third kappa shape index (κ3) is 4.74. The van der Waals surface area contributed by atoms with E-state index < -0.39 is 25.1 Å². The van der Waals surface area contributed by atoms with Crippen LogP contribution < -0.4 is 4.74 Å². The number of aliphatic hydroxyl groups excluding tert-OH is 2. The molecule has 0 aliphatic carbocycles. The van der Waals surface area contributed by atoms with E-state index >= 15 is 0 Å². The fourth-order valence-corrected chi connectivity index (χ4v) is 3.28. The highest BCUT2D eigenvalue weighted by molar-refractivity contribution is 5.51. The summed E-state index contributed by atoms with van der Waals surface area (Å²) in [6.45, 7) is 0.0222. The Balaban J connectivity index is 1.83. The molecule has 1 aliphatic heterocycles. The monoisotopic (exact) mass is 390 g/mol. The molecule has 0 bridgehead atoms. The SMILES string of the molecule is O=CCC(OC(CO)C(O)O)c1ccc(F)c(Cc2ccc3c(c2)CCO3)c1. The summed E-state index contributed by atoms with van der Waals surface area (Å²) in [5.41, 5.74) is 2.99. The lowest BCUT2D eigenvalue weighted by Crippen LogP contribution is -2.33. The summed E-state index contributed by atoms with van der Waals surface area (Å²) in [6.07, 6.45) is -2.25. The molecule has 3 rings (SSSR count). The molecule has 2 aromatic carbocycles. The van der Waals surface area contributed by atoms with Crippen molar-refractivity contribution in [3.63, 3.8) is 0 Å². The first-order chi connectivity index (χ1) is 13.5. The Hall–Kier alpha value is -2.32. The molecule has 0 spiro atoms. The van der Waals surface area contributed by atoms with E-state index in [1.165, 1.54) is 12.1 Å². The minimum Gasteiger partial charge on any atom is -0.493 e. The first-order valence-electron chi connectivity index (χ1n) is 9.10. The fraction of sp³-hybridized carbons (Fsp3) is 0.381. The number of hydrogen-bond donors (Lipinski definition) is 3. The van der Waals surface area contributed by atoms with Gasteiger partial charge in [0.05, 0.1) is 19.3 Å². The first kappa shape index (κ1) is 20.4. The van der Waals surface area contributed by atoms with Gasteiger partial charge in [-0.1, -0.05) is 18.2 Å². The van der Waals surface area contributed by atoms with Crippen molar-refractivity contribution in [1.29, 1.82) is 0 Å². The van der Waals surface area contributed by atoms with E-state index in [2.05, 4.69) is 0 Å². The quantitative estimate of drug-likeness (QED) is 0.445. The van der Waals surface area contributed by atoms with Crippen molar-refractivity contribution >= 4 is 6.29 Å². The molecule has 0 amide bonds. The third-order valence-electron chi connectivity index (χ3n) is 4.75. The maximum absolute atomic E-state index is 14.4. The van der Waals surface area contributed by atoms with Gasteiger partial charge in [0.2, 0.25) is 0 Å². The van der Waals surface area contributed by atoms with Crippen molar-refractivity contribution in [2.24, 2.45) is 0 Å². The zero-order chi connectivity index (χ0) is 20.1. The lowest BCUT2D eigenvalue weighted by Gasteiger charge is -2.24. The van der Waals surface area contributed by atoms with Crippen LogP contribution in [0, 0.1) is 5.82 Å². The molecule has 7 heteroatoms. The summed E-state index contributed by atoms with van der Waals surface area (Å²) in [4.78, 5) is 11.0. The molecule has 150 valence electrons. The maximum Gasteiger partial charge on any atom is 0.180 e. The first-order valence-corrected chi connectivity index (χ1v) is 9.10. The summed E-state index contributed by atoms with van der Waals surface area (Å²) >= 11 is 0. The Morgan fingerprint density at radius 2 is 2.04 bits per heavy atom. The Labute approximate surface area is 162 Å². The summed E-state index contributed by atoms with van der Waals surface area (Å²) in [5, 5.41) is 27.7. The van der Waals surface area contributed by atoms with Crippen LogP contribution in [0.5, 0.6) is 5.75 Å². The second-order valence-corrected chi connectivity index (χ2v) is 6.73. The number of hydrogen-bond acceptors (Lipinski definition) is 6. The lowest BCUT2D eigenvalue weighted by atomic mass is 9.97. The largest absolute Gasteiger partial charge is 0.493 e. The number of ether oxygens (including phenoxy) is 2. The van der Waals surface area contributed by atoms with Gasteiger partial charge < -0.3 is 29.6 Å². The van der Waals surface area contributed by atoms with Crippen LogP contribution in [0.4, 0.5) is 4.39 Å². The summed E-state index contributed by atoms with van der Waals surface area (Å²) in [5.74, 6) is 0.473. The number of benzene rings is 2. The fourth-order valence-electron chi connectivity index (χ4n) is 3.28. The minimum absolute atomic E-state index is 0.0650. The summed E-state index contributed by atoms with van der Waals surface area (Å²) in [6, 6.07) is 10.2. The van der Waals surface area contributed by atoms with Crippen LogP contribution in [0.25, 0.3) is 0 Å². The van der Waals surface area contributed by atoms with Crippen LogP contribution in [-0.2, 0) is 22.4 Å². The number of aldehydes is 1. The molecule has 0 saturated heterocycles. The lowest BCUT2D eigenvalue weighted by molar-refractivity contribution is -0.178. The second kappa shape index (κ2) is 9.25. The third-order valence-corrected chi connectivity index (χ3v) is 4.75. The van der Waals surface area contributed by atoms with Gasteiger partial charge in [0.1, 0.15) is 24.0 Å². The van der Waals surface area contributed by atoms with Gasteiger partial charge in [0.25, 0.3) is 0 Å². The molecular formula is C21H23FO6. The van der Waals surface area contributed by atoms with Crippen LogP contribution in [0.1, 0.15) is 34.8 Å². The maximum atomic E-state index is 14.4. The number of aliphatic hydroxyl groups is 3. The van der Waals surface area contributed by atoms with E-state index in [-0.39, 0.29) is 12.2 Å². The smallest absolute Gasteiger partial charge is 0.180 e. The van der Waals surface area contributed by atoms with Gasteiger partial charge in [-0.2, -0.15) is 0 Å². The average Bonchev–Trinajstić information content (AvgIpc) is 3.14. The zero-order valence-electron chi connectivity index (χ0n) is 15.3. The van der Waals surface area contributed by atoms with Crippen molar-refractivity contribution in [2.45, 2.75) is 37.8 Å². The normalized spacial score (nSPS) is 15.2. The van der Waals surface area contributed by atoms with E-state index in [9.17, 15) is 24.5 Å². The molecule has 6 nitrogen and oxygen atoms in total. The number of carbonyl (C=O) groups excluding carboxylic acids is 1.